The standard InChI is InChI=1S/C9H11BrN2O/c1-9(2)7(13)5-3-4-6(10)11-8(5)12-9/h3-4,7,13H,1-2H3,(H,11,12). The van der Waals surface area contributed by atoms with E-state index in [9.17, 15) is 5.11 Å². The smallest absolute Gasteiger partial charge is 0.133 e. The normalized spacial score (nSPS) is 23.8. The third-order valence-corrected chi connectivity index (χ3v) is 2.75. The fourth-order valence-electron chi connectivity index (χ4n) is 1.53. The summed E-state index contributed by atoms with van der Waals surface area (Å²) < 4.78 is 0.781. The number of rotatable bonds is 0. The van der Waals surface area contributed by atoms with Crippen LogP contribution in [0.4, 0.5) is 5.82 Å². The molecule has 2 N–H and O–H groups in total. The Morgan fingerprint density at radius 2 is 2.23 bits per heavy atom. The largest absolute Gasteiger partial charge is 0.386 e. The van der Waals surface area contributed by atoms with Crippen molar-refractivity contribution in [3.05, 3.63) is 22.3 Å². The molecule has 1 atom stereocenters. The molecule has 2 heterocycles. The molecule has 13 heavy (non-hydrogen) atoms. The number of pyridine rings is 1. The van der Waals surface area contributed by atoms with E-state index < -0.39 is 6.10 Å². The summed E-state index contributed by atoms with van der Waals surface area (Å²) in [6.45, 7) is 3.90. The van der Waals surface area contributed by atoms with E-state index in [1.165, 1.54) is 0 Å². The summed E-state index contributed by atoms with van der Waals surface area (Å²) in [6.07, 6.45) is -0.483. The van der Waals surface area contributed by atoms with Gasteiger partial charge in [0.2, 0.25) is 0 Å². The quantitative estimate of drug-likeness (QED) is 0.685. The van der Waals surface area contributed by atoms with Crippen molar-refractivity contribution in [3.8, 4) is 0 Å². The lowest BCUT2D eigenvalue weighted by Gasteiger charge is -2.22. The number of hydrogen-bond donors (Lipinski definition) is 2. The van der Waals surface area contributed by atoms with Crippen molar-refractivity contribution in [2.45, 2.75) is 25.5 Å². The molecule has 3 nitrogen and oxygen atoms in total. The van der Waals surface area contributed by atoms with E-state index in [1.54, 1.807) is 0 Å². The van der Waals surface area contributed by atoms with Crippen LogP contribution >= 0.6 is 15.9 Å². The molecule has 1 aromatic heterocycles. The van der Waals surface area contributed by atoms with Crippen LogP contribution in [0.15, 0.2) is 16.7 Å². The number of fused-ring (bicyclic) bond motifs is 1. The number of aliphatic hydroxyl groups excluding tert-OH is 1. The van der Waals surface area contributed by atoms with E-state index in [-0.39, 0.29) is 5.54 Å². The molecular weight excluding hydrogens is 232 g/mol. The van der Waals surface area contributed by atoms with Gasteiger partial charge in [-0.25, -0.2) is 4.98 Å². The summed E-state index contributed by atoms with van der Waals surface area (Å²) in [5, 5.41) is 13.1. The van der Waals surface area contributed by atoms with Gasteiger partial charge in [0.15, 0.2) is 0 Å². The van der Waals surface area contributed by atoms with Crippen LogP contribution in [0, 0.1) is 0 Å². The van der Waals surface area contributed by atoms with E-state index in [4.69, 9.17) is 0 Å². The highest BCUT2D eigenvalue weighted by molar-refractivity contribution is 9.10. The van der Waals surface area contributed by atoms with Crippen LogP contribution in [-0.4, -0.2) is 15.6 Å². The summed E-state index contributed by atoms with van der Waals surface area (Å²) in [7, 11) is 0. The lowest BCUT2D eigenvalue weighted by Crippen LogP contribution is -2.31. The minimum Gasteiger partial charge on any atom is -0.386 e. The van der Waals surface area contributed by atoms with Crippen LogP contribution in [0.1, 0.15) is 25.5 Å². The van der Waals surface area contributed by atoms with Crippen LogP contribution in [0.2, 0.25) is 0 Å². The van der Waals surface area contributed by atoms with Crippen molar-refractivity contribution in [2.75, 3.05) is 5.32 Å². The van der Waals surface area contributed by atoms with Gasteiger partial charge in [0.25, 0.3) is 0 Å². The van der Waals surface area contributed by atoms with E-state index >= 15 is 0 Å². The van der Waals surface area contributed by atoms with Gasteiger partial charge in [-0.3, -0.25) is 0 Å². The Kier molecular flexibility index (Phi) is 1.85. The lowest BCUT2D eigenvalue weighted by atomic mass is 9.97. The molecule has 0 radical (unpaired) electrons. The average Bonchev–Trinajstić information content (AvgIpc) is 2.22. The number of nitrogens with one attached hydrogen (secondary N) is 1. The van der Waals surface area contributed by atoms with Crippen molar-refractivity contribution >= 4 is 21.7 Å². The van der Waals surface area contributed by atoms with E-state index in [0.717, 1.165) is 16.0 Å². The Morgan fingerprint density at radius 1 is 1.54 bits per heavy atom. The molecule has 1 aliphatic rings. The molecule has 0 fully saturated rings. The number of anilines is 1. The van der Waals surface area contributed by atoms with E-state index in [1.807, 2.05) is 26.0 Å². The third kappa shape index (κ3) is 1.34. The lowest BCUT2D eigenvalue weighted by molar-refractivity contribution is 0.127. The van der Waals surface area contributed by atoms with Crippen molar-refractivity contribution in [1.29, 1.82) is 0 Å². The summed E-state index contributed by atoms with van der Waals surface area (Å²) in [6, 6.07) is 3.73. The topological polar surface area (TPSA) is 45.2 Å². The van der Waals surface area contributed by atoms with Crippen LogP contribution in [0.3, 0.4) is 0 Å². The highest BCUT2D eigenvalue weighted by Crippen LogP contribution is 2.39. The van der Waals surface area contributed by atoms with E-state index in [2.05, 4.69) is 26.2 Å². The monoisotopic (exact) mass is 242 g/mol. The highest BCUT2D eigenvalue weighted by atomic mass is 79.9. The Bertz CT molecular complexity index is 351. The van der Waals surface area contributed by atoms with Crippen molar-refractivity contribution in [1.82, 2.24) is 4.98 Å². The molecule has 70 valence electrons. The molecule has 1 aromatic rings. The van der Waals surface area contributed by atoms with Crippen LogP contribution in [0.5, 0.6) is 0 Å². The Labute approximate surface area is 85.3 Å². The molecule has 0 aliphatic carbocycles. The van der Waals surface area contributed by atoms with Gasteiger partial charge in [-0.1, -0.05) is 0 Å². The maximum Gasteiger partial charge on any atom is 0.133 e. The molecule has 1 unspecified atom stereocenters. The summed E-state index contributed by atoms with van der Waals surface area (Å²) in [4.78, 5) is 4.25. The van der Waals surface area contributed by atoms with Gasteiger partial charge >= 0.3 is 0 Å². The molecule has 0 aromatic carbocycles. The van der Waals surface area contributed by atoms with Crippen molar-refractivity contribution in [3.63, 3.8) is 0 Å². The fourth-order valence-corrected chi connectivity index (χ4v) is 1.84. The van der Waals surface area contributed by atoms with Gasteiger partial charge in [-0.05, 0) is 41.9 Å². The van der Waals surface area contributed by atoms with Crippen LogP contribution < -0.4 is 5.32 Å². The van der Waals surface area contributed by atoms with Gasteiger partial charge in [-0.2, -0.15) is 0 Å². The zero-order valence-electron chi connectivity index (χ0n) is 7.50. The molecular formula is C9H11BrN2O. The van der Waals surface area contributed by atoms with Gasteiger partial charge in [0.05, 0.1) is 5.54 Å². The molecule has 0 saturated heterocycles. The summed E-state index contributed by atoms with van der Waals surface area (Å²) in [5.74, 6) is 0.770. The molecule has 0 bridgehead atoms. The van der Waals surface area contributed by atoms with Crippen LogP contribution in [-0.2, 0) is 0 Å². The first kappa shape index (κ1) is 8.97. The molecule has 4 heteroatoms. The predicted octanol–water partition coefficient (Wildman–Crippen LogP) is 2.08. The fraction of sp³-hybridized carbons (Fsp3) is 0.444. The van der Waals surface area contributed by atoms with Crippen LogP contribution in [0.25, 0.3) is 0 Å². The van der Waals surface area contributed by atoms with Crippen molar-refractivity contribution in [2.24, 2.45) is 0 Å². The highest BCUT2D eigenvalue weighted by Gasteiger charge is 2.38. The number of nitrogens with zero attached hydrogens (tertiary/aromatic N) is 1. The maximum atomic E-state index is 9.88. The number of halogens is 1. The minimum absolute atomic E-state index is 0.323. The van der Waals surface area contributed by atoms with E-state index in [0.29, 0.717) is 0 Å². The second kappa shape index (κ2) is 2.69. The second-order valence-electron chi connectivity index (χ2n) is 3.82. The average molecular weight is 243 g/mol. The molecule has 0 saturated carbocycles. The first-order valence-electron chi connectivity index (χ1n) is 4.13. The Hall–Kier alpha value is -0.610. The summed E-state index contributed by atoms with van der Waals surface area (Å²) >= 11 is 3.29. The zero-order chi connectivity index (χ0) is 9.64. The number of hydrogen-bond acceptors (Lipinski definition) is 3. The number of aliphatic hydroxyl groups is 1. The zero-order valence-corrected chi connectivity index (χ0v) is 9.09. The minimum atomic E-state index is -0.483. The van der Waals surface area contributed by atoms with Gasteiger partial charge < -0.3 is 10.4 Å². The molecule has 0 spiro atoms. The second-order valence-corrected chi connectivity index (χ2v) is 4.63. The predicted molar refractivity (Wildman–Crippen MR) is 54.6 cm³/mol. The van der Waals surface area contributed by atoms with Gasteiger partial charge in [0.1, 0.15) is 16.5 Å². The maximum absolute atomic E-state index is 9.88. The Morgan fingerprint density at radius 3 is 2.92 bits per heavy atom. The van der Waals surface area contributed by atoms with Gasteiger partial charge in [0, 0.05) is 5.56 Å². The van der Waals surface area contributed by atoms with Crippen molar-refractivity contribution < 1.29 is 5.11 Å². The van der Waals surface area contributed by atoms with Gasteiger partial charge in [-0.15, -0.1) is 0 Å². The Balaban J connectivity index is 2.50. The summed E-state index contributed by atoms with van der Waals surface area (Å²) in [5.41, 5.74) is 0.545. The molecule has 0 amide bonds. The molecule has 2 rings (SSSR count). The number of aromatic nitrogens is 1. The SMILES string of the molecule is CC1(C)Nc2nc(Br)ccc2C1O. The molecule has 1 aliphatic heterocycles. The first-order chi connectivity index (χ1) is 6.00. The first-order valence-corrected chi connectivity index (χ1v) is 4.93. The third-order valence-electron chi connectivity index (χ3n) is 2.31.